The molecule has 2 aromatic heterocycles. The summed E-state index contributed by atoms with van der Waals surface area (Å²) in [5.74, 6) is -1.53. The first-order valence-corrected chi connectivity index (χ1v) is 12.4. The third-order valence-corrected chi connectivity index (χ3v) is 7.00. The number of carbonyl (C=O) groups is 3. The molecule has 0 spiro atoms. The molecule has 38 heavy (non-hydrogen) atoms. The minimum absolute atomic E-state index is 0.123. The highest BCUT2D eigenvalue weighted by Gasteiger charge is 2.41. The maximum atomic E-state index is 14.4. The van der Waals surface area contributed by atoms with Crippen LogP contribution in [-0.2, 0) is 16.1 Å². The van der Waals surface area contributed by atoms with Crippen LogP contribution < -0.4 is 16.0 Å². The van der Waals surface area contributed by atoms with Gasteiger partial charge in [0.25, 0.3) is 5.91 Å². The van der Waals surface area contributed by atoms with Crippen LogP contribution in [-0.4, -0.2) is 93.7 Å². The summed E-state index contributed by atoms with van der Waals surface area (Å²) in [6.45, 7) is 0.134. The van der Waals surface area contributed by atoms with Gasteiger partial charge in [0.1, 0.15) is 24.9 Å². The van der Waals surface area contributed by atoms with Crippen LogP contribution in [0, 0.1) is 0 Å². The Morgan fingerprint density at radius 3 is 2.74 bits per heavy atom. The van der Waals surface area contributed by atoms with E-state index < -0.39 is 42.1 Å². The number of benzene rings is 1. The number of aromatic nitrogens is 4. The van der Waals surface area contributed by atoms with Gasteiger partial charge in [-0.1, -0.05) is 6.07 Å². The van der Waals surface area contributed by atoms with Crippen molar-refractivity contribution in [3.8, 4) is 11.1 Å². The summed E-state index contributed by atoms with van der Waals surface area (Å²) < 4.78 is 30.0. The van der Waals surface area contributed by atoms with Gasteiger partial charge in [-0.2, -0.15) is 15.3 Å². The topological polar surface area (TPSA) is 134 Å². The van der Waals surface area contributed by atoms with Crippen molar-refractivity contribution in [1.29, 1.82) is 0 Å². The normalized spacial score (nSPS) is 23.4. The highest BCUT2D eigenvalue weighted by Crippen LogP contribution is 2.27. The van der Waals surface area contributed by atoms with Gasteiger partial charge in [-0.3, -0.25) is 19.1 Å². The summed E-state index contributed by atoms with van der Waals surface area (Å²) in [5, 5.41) is 20.7. The van der Waals surface area contributed by atoms with Gasteiger partial charge in [0.05, 0.1) is 30.5 Å². The van der Waals surface area contributed by atoms with E-state index in [-0.39, 0.29) is 31.7 Å². The van der Waals surface area contributed by atoms with Crippen molar-refractivity contribution in [1.82, 2.24) is 40.8 Å². The van der Waals surface area contributed by atoms with Crippen LogP contribution >= 0.6 is 0 Å². The van der Waals surface area contributed by atoms with Crippen molar-refractivity contribution in [3.63, 3.8) is 0 Å². The molecule has 0 aliphatic carbocycles. The molecule has 0 radical (unpaired) electrons. The van der Waals surface area contributed by atoms with Gasteiger partial charge in [0, 0.05) is 31.0 Å². The number of alkyl halides is 2. The lowest BCUT2D eigenvalue weighted by atomic mass is 10.0. The maximum Gasteiger partial charge on any atom is 0.272 e. The van der Waals surface area contributed by atoms with Crippen LogP contribution in [0.5, 0.6) is 0 Å². The zero-order valence-electron chi connectivity index (χ0n) is 20.7. The number of nitrogens with one attached hydrogen (secondary N) is 3. The van der Waals surface area contributed by atoms with E-state index in [4.69, 9.17) is 0 Å². The van der Waals surface area contributed by atoms with E-state index in [1.807, 2.05) is 6.07 Å². The monoisotopic (exact) mass is 526 g/mol. The summed E-state index contributed by atoms with van der Waals surface area (Å²) in [7, 11) is 1.48. The van der Waals surface area contributed by atoms with Crippen LogP contribution in [0.2, 0.25) is 0 Å². The molecule has 5 rings (SSSR count). The van der Waals surface area contributed by atoms with Crippen molar-refractivity contribution in [2.45, 2.75) is 43.8 Å². The largest absolute Gasteiger partial charge is 0.354 e. The third kappa shape index (κ3) is 5.05. The Balaban J connectivity index is 1.39. The molecule has 2 aliphatic heterocycles. The third-order valence-electron chi connectivity index (χ3n) is 7.00. The Kier molecular flexibility index (Phi) is 7.27. The van der Waals surface area contributed by atoms with Crippen LogP contribution in [0.25, 0.3) is 22.0 Å². The lowest BCUT2D eigenvalue weighted by Crippen LogP contribution is -2.55. The van der Waals surface area contributed by atoms with Gasteiger partial charge < -0.3 is 20.9 Å². The summed E-state index contributed by atoms with van der Waals surface area (Å²) in [4.78, 5) is 40.0. The van der Waals surface area contributed by atoms with Crippen molar-refractivity contribution >= 4 is 28.6 Å². The number of hydrogen-bond acceptors (Lipinski definition) is 7. The summed E-state index contributed by atoms with van der Waals surface area (Å²) in [5.41, 5.74) is 2.22. The first-order chi connectivity index (χ1) is 18.4. The number of carbonyl (C=O) groups excluding carboxylic acids is 3. The number of hydrogen-bond donors (Lipinski definition) is 3. The Morgan fingerprint density at radius 2 is 2.00 bits per heavy atom. The standard InChI is InChI=1S/C25H28F2N8O3/c1-28-25(38)23-17-8-14(15-4-7-30-31-10-15)2-3-20(17)35(33-23)13-22(36)34-12-16(26)9-21(34)24(37)32-19-5-6-29-11-18(19)27/h2-4,7-8,10,16,18-19,21,29H,5-6,9,11-13H2,1H3,(H,28,38)(H,32,37). The second-order valence-electron chi connectivity index (χ2n) is 9.47. The molecule has 4 unspecified atom stereocenters. The number of fused-ring (bicyclic) bond motifs is 1. The second-order valence-corrected chi connectivity index (χ2v) is 9.47. The zero-order valence-corrected chi connectivity index (χ0v) is 20.7. The van der Waals surface area contributed by atoms with Crippen molar-refractivity contribution in [2.24, 2.45) is 0 Å². The molecule has 4 atom stereocenters. The van der Waals surface area contributed by atoms with Crippen molar-refractivity contribution < 1.29 is 23.2 Å². The molecule has 2 saturated heterocycles. The number of amides is 3. The number of nitrogens with zero attached hydrogens (tertiary/aromatic N) is 5. The Hall–Kier alpha value is -4.00. The van der Waals surface area contributed by atoms with E-state index in [1.165, 1.54) is 16.6 Å². The van der Waals surface area contributed by atoms with Gasteiger partial charge in [-0.05, 0) is 36.7 Å². The molecule has 2 fully saturated rings. The summed E-state index contributed by atoms with van der Waals surface area (Å²) in [6, 6.07) is 5.37. The highest BCUT2D eigenvalue weighted by atomic mass is 19.1. The molecule has 0 bridgehead atoms. The van der Waals surface area contributed by atoms with Gasteiger partial charge in [-0.15, -0.1) is 0 Å². The minimum atomic E-state index is -1.38. The quantitative estimate of drug-likeness (QED) is 0.429. The molecule has 3 amide bonds. The first kappa shape index (κ1) is 25.6. The van der Waals surface area contributed by atoms with E-state index in [0.29, 0.717) is 23.9 Å². The second kappa shape index (κ2) is 10.8. The van der Waals surface area contributed by atoms with Crippen molar-refractivity contribution in [3.05, 3.63) is 42.4 Å². The lowest BCUT2D eigenvalue weighted by molar-refractivity contribution is -0.139. The molecule has 3 N–H and O–H groups in total. The average Bonchev–Trinajstić information content (AvgIpc) is 3.50. The van der Waals surface area contributed by atoms with Crippen LogP contribution in [0.15, 0.2) is 36.7 Å². The molecule has 1 aromatic carbocycles. The Bertz CT molecular complexity index is 1350. The number of likely N-dealkylation sites (tertiary alicyclic amines) is 1. The lowest BCUT2D eigenvalue weighted by Gasteiger charge is -2.30. The van der Waals surface area contributed by atoms with E-state index in [2.05, 4.69) is 31.2 Å². The maximum absolute atomic E-state index is 14.4. The Labute approximate surface area is 217 Å². The van der Waals surface area contributed by atoms with E-state index in [0.717, 1.165) is 11.1 Å². The zero-order chi connectivity index (χ0) is 26.8. The fraction of sp³-hybridized carbons (Fsp3) is 0.440. The summed E-state index contributed by atoms with van der Waals surface area (Å²) in [6.07, 6.45) is 0.760. The summed E-state index contributed by atoms with van der Waals surface area (Å²) >= 11 is 0. The fourth-order valence-corrected chi connectivity index (χ4v) is 5.02. The minimum Gasteiger partial charge on any atom is -0.354 e. The SMILES string of the molecule is CNC(=O)c1nn(CC(=O)N2CC(F)CC2C(=O)NC2CCNCC2F)c2ccc(-c3ccnnc3)cc12. The molecule has 0 saturated carbocycles. The Morgan fingerprint density at radius 1 is 1.16 bits per heavy atom. The molecule has 3 aromatic rings. The van der Waals surface area contributed by atoms with Gasteiger partial charge in [0.15, 0.2) is 5.69 Å². The molecule has 13 heteroatoms. The first-order valence-electron chi connectivity index (χ1n) is 12.4. The number of piperidine rings is 1. The van der Waals surface area contributed by atoms with E-state index >= 15 is 0 Å². The fourth-order valence-electron chi connectivity index (χ4n) is 5.02. The number of halogens is 2. The van der Waals surface area contributed by atoms with E-state index in [1.54, 1.807) is 30.6 Å². The van der Waals surface area contributed by atoms with Gasteiger partial charge in [-0.25, -0.2) is 8.78 Å². The molecular weight excluding hydrogens is 498 g/mol. The molecule has 4 heterocycles. The predicted octanol–water partition coefficient (Wildman–Crippen LogP) is 0.608. The average molecular weight is 527 g/mol. The number of rotatable bonds is 6. The molecule has 11 nitrogen and oxygen atoms in total. The van der Waals surface area contributed by atoms with Crippen LogP contribution in [0.3, 0.4) is 0 Å². The van der Waals surface area contributed by atoms with E-state index in [9.17, 15) is 23.2 Å². The molecule has 2 aliphatic rings. The van der Waals surface area contributed by atoms with Gasteiger partial charge in [0.2, 0.25) is 11.8 Å². The smallest absolute Gasteiger partial charge is 0.272 e. The van der Waals surface area contributed by atoms with Crippen LogP contribution in [0.1, 0.15) is 23.3 Å². The highest BCUT2D eigenvalue weighted by molar-refractivity contribution is 6.06. The predicted molar refractivity (Wildman–Crippen MR) is 133 cm³/mol. The van der Waals surface area contributed by atoms with Gasteiger partial charge >= 0.3 is 0 Å². The molecular formula is C25H28F2N8O3. The van der Waals surface area contributed by atoms with Crippen LogP contribution in [0.4, 0.5) is 8.78 Å². The molecule has 200 valence electrons. The van der Waals surface area contributed by atoms with Crippen molar-refractivity contribution in [2.75, 3.05) is 26.7 Å².